The van der Waals surface area contributed by atoms with Gasteiger partial charge < -0.3 is 9.88 Å². The Bertz CT molecular complexity index is 529. The van der Waals surface area contributed by atoms with Gasteiger partial charge in [-0.2, -0.15) is 0 Å². The number of nitrogens with one attached hydrogen (secondary N) is 1. The molecule has 2 aromatic rings. The van der Waals surface area contributed by atoms with Crippen molar-refractivity contribution >= 4 is 10.9 Å². The molecule has 0 radical (unpaired) electrons. The molecule has 2 rings (SSSR count). The summed E-state index contributed by atoms with van der Waals surface area (Å²) in [7, 11) is 2.18. The normalized spacial score (nSPS) is 13.0. The average molecular weight is 286 g/mol. The Morgan fingerprint density at radius 2 is 1.90 bits per heavy atom. The maximum atomic E-state index is 3.70. The van der Waals surface area contributed by atoms with E-state index in [1.54, 1.807) is 0 Å². The van der Waals surface area contributed by atoms with E-state index in [-0.39, 0.29) is 0 Å². The van der Waals surface area contributed by atoms with Crippen LogP contribution in [0.4, 0.5) is 0 Å². The van der Waals surface area contributed by atoms with Crippen molar-refractivity contribution in [2.75, 3.05) is 0 Å². The van der Waals surface area contributed by atoms with Crippen molar-refractivity contribution in [3.63, 3.8) is 0 Å². The zero-order chi connectivity index (χ0) is 15.2. The van der Waals surface area contributed by atoms with Crippen LogP contribution in [-0.2, 0) is 13.6 Å². The fourth-order valence-corrected chi connectivity index (χ4v) is 3.14. The molecular weight excluding hydrogens is 256 g/mol. The Hall–Kier alpha value is -1.28. The van der Waals surface area contributed by atoms with E-state index in [1.165, 1.54) is 54.3 Å². The van der Waals surface area contributed by atoms with Crippen LogP contribution in [0.3, 0.4) is 0 Å². The molecule has 0 fully saturated rings. The lowest BCUT2D eigenvalue weighted by molar-refractivity contribution is 0.476. The molecule has 2 heteroatoms. The number of unbranched alkanes of at least 4 members (excludes halogenated alkanes) is 3. The van der Waals surface area contributed by atoms with E-state index in [9.17, 15) is 0 Å². The van der Waals surface area contributed by atoms with Crippen LogP contribution in [0.15, 0.2) is 24.3 Å². The molecule has 1 N–H and O–H groups in total. The Kier molecular flexibility index (Phi) is 5.86. The molecule has 21 heavy (non-hydrogen) atoms. The quantitative estimate of drug-likeness (QED) is 0.680. The standard InChI is InChI=1S/C19H30N2/c1-5-6-7-8-11-15(2)20-14-19-16(3)17-12-9-10-13-18(17)21(19)4/h9-10,12-13,15,20H,5-8,11,14H2,1-4H3. The van der Waals surface area contributed by atoms with Gasteiger partial charge in [0.25, 0.3) is 0 Å². The second kappa shape index (κ2) is 7.65. The maximum absolute atomic E-state index is 3.70. The molecule has 1 aromatic carbocycles. The maximum Gasteiger partial charge on any atom is 0.0483 e. The Morgan fingerprint density at radius 3 is 2.62 bits per heavy atom. The first-order valence-corrected chi connectivity index (χ1v) is 8.41. The smallest absolute Gasteiger partial charge is 0.0483 e. The summed E-state index contributed by atoms with van der Waals surface area (Å²) in [4.78, 5) is 0. The zero-order valence-corrected chi connectivity index (χ0v) is 14.1. The van der Waals surface area contributed by atoms with Crippen molar-refractivity contribution in [3.8, 4) is 0 Å². The molecule has 1 aromatic heterocycles. The Morgan fingerprint density at radius 1 is 1.14 bits per heavy atom. The van der Waals surface area contributed by atoms with Gasteiger partial charge in [0.2, 0.25) is 0 Å². The van der Waals surface area contributed by atoms with Gasteiger partial charge in [0, 0.05) is 36.2 Å². The minimum atomic E-state index is 0.597. The van der Waals surface area contributed by atoms with E-state index in [0.717, 1.165) is 6.54 Å². The van der Waals surface area contributed by atoms with E-state index in [2.05, 4.69) is 62.0 Å². The molecule has 2 nitrogen and oxygen atoms in total. The second-order valence-corrected chi connectivity index (χ2v) is 6.28. The molecule has 0 saturated carbocycles. The predicted molar refractivity (Wildman–Crippen MR) is 92.7 cm³/mol. The number of para-hydroxylation sites is 1. The molecule has 0 bridgehead atoms. The molecule has 0 amide bonds. The molecule has 0 spiro atoms. The summed E-state index contributed by atoms with van der Waals surface area (Å²) in [5.41, 5.74) is 4.16. The monoisotopic (exact) mass is 286 g/mol. The van der Waals surface area contributed by atoms with Crippen LogP contribution in [0.1, 0.15) is 57.2 Å². The van der Waals surface area contributed by atoms with Crippen molar-refractivity contribution < 1.29 is 0 Å². The highest BCUT2D eigenvalue weighted by molar-refractivity contribution is 5.85. The molecule has 0 aliphatic carbocycles. The van der Waals surface area contributed by atoms with Crippen molar-refractivity contribution in [2.24, 2.45) is 7.05 Å². The number of nitrogens with zero attached hydrogens (tertiary/aromatic N) is 1. The molecule has 1 atom stereocenters. The van der Waals surface area contributed by atoms with Gasteiger partial charge in [-0.25, -0.2) is 0 Å². The third kappa shape index (κ3) is 3.88. The first-order chi connectivity index (χ1) is 10.1. The molecule has 0 aliphatic heterocycles. The van der Waals surface area contributed by atoms with Gasteiger partial charge in [-0.05, 0) is 31.9 Å². The summed E-state index contributed by atoms with van der Waals surface area (Å²) in [5.74, 6) is 0. The van der Waals surface area contributed by atoms with Crippen LogP contribution < -0.4 is 5.32 Å². The van der Waals surface area contributed by atoms with Crippen molar-refractivity contribution in [1.82, 2.24) is 9.88 Å². The van der Waals surface area contributed by atoms with E-state index in [0.29, 0.717) is 6.04 Å². The van der Waals surface area contributed by atoms with Crippen LogP contribution in [0.2, 0.25) is 0 Å². The van der Waals surface area contributed by atoms with Crippen molar-refractivity contribution in [3.05, 3.63) is 35.5 Å². The summed E-state index contributed by atoms with van der Waals surface area (Å²) >= 11 is 0. The highest BCUT2D eigenvalue weighted by atomic mass is 15.0. The number of aryl methyl sites for hydroxylation is 2. The zero-order valence-electron chi connectivity index (χ0n) is 14.1. The molecule has 1 heterocycles. The van der Waals surface area contributed by atoms with E-state index < -0.39 is 0 Å². The number of hydrogen-bond donors (Lipinski definition) is 1. The first-order valence-electron chi connectivity index (χ1n) is 8.41. The van der Waals surface area contributed by atoms with Crippen LogP contribution in [0.5, 0.6) is 0 Å². The largest absolute Gasteiger partial charge is 0.346 e. The number of benzene rings is 1. The minimum Gasteiger partial charge on any atom is -0.346 e. The first kappa shape index (κ1) is 16.1. The van der Waals surface area contributed by atoms with Crippen molar-refractivity contribution in [2.45, 2.75) is 65.5 Å². The number of rotatable bonds is 8. The number of hydrogen-bond acceptors (Lipinski definition) is 1. The summed E-state index contributed by atoms with van der Waals surface area (Å²) in [5, 5.41) is 5.08. The summed E-state index contributed by atoms with van der Waals surface area (Å²) in [6.45, 7) is 7.78. The minimum absolute atomic E-state index is 0.597. The highest BCUT2D eigenvalue weighted by Crippen LogP contribution is 2.24. The molecule has 116 valence electrons. The van der Waals surface area contributed by atoms with Gasteiger partial charge in [-0.3, -0.25) is 0 Å². The van der Waals surface area contributed by atoms with E-state index >= 15 is 0 Å². The lowest BCUT2D eigenvalue weighted by atomic mass is 10.1. The third-order valence-corrected chi connectivity index (χ3v) is 4.62. The van der Waals surface area contributed by atoms with Crippen LogP contribution in [0, 0.1) is 6.92 Å². The fourth-order valence-electron chi connectivity index (χ4n) is 3.14. The fraction of sp³-hybridized carbons (Fsp3) is 0.579. The molecule has 0 aliphatic rings. The lowest BCUT2D eigenvalue weighted by Gasteiger charge is -2.15. The third-order valence-electron chi connectivity index (χ3n) is 4.62. The van der Waals surface area contributed by atoms with Crippen LogP contribution in [0.25, 0.3) is 10.9 Å². The number of aromatic nitrogens is 1. The summed E-state index contributed by atoms with van der Waals surface area (Å²) in [6.07, 6.45) is 6.68. The van der Waals surface area contributed by atoms with Crippen molar-refractivity contribution in [1.29, 1.82) is 0 Å². The van der Waals surface area contributed by atoms with Crippen LogP contribution >= 0.6 is 0 Å². The van der Waals surface area contributed by atoms with Gasteiger partial charge >= 0.3 is 0 Å². The van der Waals surface area contributed by atoms with Gasteiger partial charge in [0.05, 0.1) is 0 Å². The topological polar surface area (TPSA) is 17.0 Å². The lowest BCUT2D eigenvalue weighted by Crippen LogP contribution is -2.26. The Balaban J connectivity index is 1.94. The van der Waals surface area contributed by atoms with E-state index in [4.69, 9.17) is 0 Å². The van der Waals surface area contributed by atoms with Crippen LogP contribution in [-0.4, -0.2) is 10.6 Å². The predicted octanol–water partition coefficient (Wildman–Crippen LogP) is 4.94. The SMILES string of the molecule is CCCCCCC(C)NCc1c(C)c2ccccc2n1C. The van der Waals surface area contributed by atoms with Gasteiger partial charge in [0.15, 0.2) is 0 Å². The van der Waals surface area contributed by atoms with Gasteiger partial charge in [0.1, 0.15) is 0 Å². The average Bonchev–Trinajstić information content (AvgIpc) is 2.74. The molecule has 0 saturated heterocycles. The van der Waals surface area contributed by atoms with E-state index in [1.807, 2.05) is 0 Å². The molecule has 1 unspecified atom stereocenters. The summed E-state index contributed by atoms with van der Waals surface area (Å²) in [6, 6.07) is 9.28. The van der Waals surface area contributed by atoms with Gasteiger partial charge in [-0.15, -0.1) is 0 Å². The number of fused-ring (bicyclic) bond motifs is 1. The summed E-state index contributed by atoms with van der Waals surface area (Å²) < 4.78 is 2.33. The molecular formula is C19H30N2. The second-order valence-electron chi connectivity index (χ2n) is 6.28. The Labute approximate surface area is 129 Å². The van der Waals surface area contributed by atoms with Gasteiger partial charge in [-0.1, -0.05) is 50.8 Å². The highest BCUT2D eigenvalue weighted by Gasteiger charge is 2.11.